The SMILES string of the molecule is CCOC(=O)c1[nH]c(C)c(C(=O)CN2C(=O)NC(C)(c3ccccc3C)C2=O)c1C. The number of carbonyl (C=O) groups is 4. The molecule has 1 unspecified atom stereocenters. The van der Waals surface area contributed by atoms with E-state index in [1.807, 2.05) is 19.1 Å². The van der Waals surface area contributed by atoms with Crippen LogP contribution in [0.25, 0.3) is 0 Å². The Bertz CT molecular complexity index is 1060. The first kappa shape index (κ1) is 21.3. The summed E-state index contributed by atoms with van der Waals surface area (Å²) in [6.45, 7) is 8.26. The number of rotatable bonds is 6. The molecule has 2 aromatic rings. The summed E-state index contributed by atoms with van der Waals surface area (Å²) >= 11 is 0. The van der Waals surface area contributed by atoms with Crippen LogP contribution in [0.2, 0.25) is 0 Å². The number of nitrogens with one attached hydrogen (secondary N) is 2. The number of aromatic nitrogens is 1. The van der Waals surface area contributed by atoms with Crippen LogP contribution in [0, 0.1) is 20.8 Å². The maximum atomic E-state index is 13.1. The van der Waals surface area contributed by atoms with Crippen LogP contribution in [0.15, 0.2) is 24.3 Å². The summed E-state index contributed by atoms with van der Waals surface area (Å²) in [7, 11) is 0. The van der Waals surface area contributed by atoms with Gasteiger partial charge < -0.3 is 15.0 Å². The fourth-order valence-corrected chi connectivity index (χ4v) is 3.96. The fourth-order valence-electron chi connectivity index (χ4n) is 3.96. The monoisotopic (exact) mass is 411 g/mol. The van der Waals surface area contributed by atoms with E-state index in [-0.39, 0.29) is 17.9 Å². The van der Waals surface area contributed by atoms with Crippen molar-refractivity contribution in [2.24, 2.45) is 0 Å². The number of hydrogen-bond acceptors (Lipinski definition) is 5. The Hall–Kier alpha value is -3.42. The molecule has 0 bridgehead atoms. The van der Waals surface area contributed by atoms with Crippen molar-refractivity contribution in [2.45, 2.75) is 40.2 Å². The molecule has 1 aromatic heterocycles. The van der Waals surface area contributed by atoms with Gasteiger partial charge in [0, 0.05) is 11.3 Å². The average Bonchev–Trinajstić information content (AvgIpc) is 3.10. The number of urea groups is 1. The number of carbonyl (C=O) groups excluding carboxylic acids is 4. The minimum atomic E-state index is -1.25. The molecule has 158 valence electrons. The highest BCUT2D eigenvalue weighted by atomic mass is 16.5. The molecule has 0 saturated carbocycles. The molecule has 1 fully saturated rings. The molecule has 0 spiro atoms. The van der Waals surface area contributed by atoms with E-state index >= 15 is 0 Å². The van der Waals surface area contributed by atoms with E-state index in [0.29, 0.717) is 16.8 Å². The lowest BCUT2D eigenvalue weighted by Gasteiger charge is -2.24. The van der Waals surface area contributed by atoms with Crippen molar-refractivity contribution in [3.63, 3.8) is 0 Å². The maximum Gasteiger partial charge on any atom is 0.355 e. The van der Waals surface area contributed by atoms with E-state index in [1.54, 1.807) is 39.8 Å². The lowest BCUT2D eigenvalue weighted by Crippen LogP contribution is -2.42. The largest absolute Gasteiger partial charge is 0.461 e. The standard InChI is InChI=1S/C22H25N3O5/c1-6-30-19(27)18-13(3)17(14(4)23-18)16(26)11-25-20(28)22(5,24-21(25)29)15-10-8-7-9-12(15)2/h7-10,23H,6,11H2,1-5H3,(H,24,29). The minimum Gasteiger partial charge on any atom is -0.461 e. The van der Waals surface area contributed by atoms with Crippen LogP contribution in [0.5, 0.6) is 0 Å². The number of esters is 1. The Labute approximate surface area is 174 Å². The molecule has 1 saturated heterocycles. The second kappa shape index (κ2) is 7.78. The minimum absolute atomic E-state index is 0.194. The van der Waals surface area contributed by atoms with Gasteiger partial charge in [-0.2, -0.15) is 0 Å². The molecular weight excluding hydrogens is 386 g/mol. The first-order valence-electron chi connectivity index (χ1n) is 9.71. The Morgan fingerprint density at radius 2 is 1.80 bits per heavy atom. The fraction of sp³-hybridized carbons (Fsp3) is 0.364. The summed E-state index contributed by atoms with van der Waals surface area (Å²) in [5.41, 5.74) is 1.68. The summed E-state index contributed by atoms with van der Waals surface area (Å²) in [5, 5.41) is 2.72. The summed E-state index contributed by atoms with van der Waals surface area (Å²) in [5.74, 6) is -1.49. The third-order valence-electron chi connectivity index (χ3n) is 5.46. The van der Waals surface area contributed by atoms with Crippen molar-refractivity contribution in [2.75, 3.05) is 13.2 Å². The first-order valence-corrected chi connectivity index (χ1v) is 9.71. The van der Waals surface area contributed by atoms with Crippen molar-refractivity contribution in [1.29, 1.82) is 0 Å². The number of imide groups is 1. The second-order valence-corrected chi connectivity index (χ2v) is 7.53. The van der Waals surface area contributed by atoms with Crippen LogP contribution in [0.1, 0.15) is 57.1 Å². The van der Waals surface area contributed by atoms with Crippen molar-refractivity contribution < 1.29 is 23.9 Å². The van der Waals surface area contributed by atoms with Gasteiger partial charge in [0.15, 0.2) is 5.78 Å². The normalized spacial score (nSPS) is 18.5. The molecule has 3 amide bonds. The number of ketones is 1. The van der Waals surface area contributed by atoms with Crippen LogP contribution in [-0.2, 0) is 15.1 Å². The third kappa shape index (κ3) is 3.38. The maximum absolute atomic E-state index is 13.1. The van der Waals surface area contributed by atoms with E-state index in [1.165, 1.54) is 0 Å². The summed E-state index contributed by atoms with van der Waals surface area (Å²) < 4.78 is 5.00. The highest BCUT2D eigenvalue weighted by Crippen LogP contribution is 2.31. The predicted octanol–water partition coefficient (Wildman–Crippen LogP) is 2.77. The Morgan fingerprint density at radius 3 is 2.43 bits per heavy atom. The molecule has 2 N–H and O–H groups in total. The number of nitrogens with zero attached hydrogens (tertiary/aromatic N) is 1. The molecule has 1 atom stereocenters. The summed E-state index contributed by atoms with van der Waals surface area (Å²) in [4.78, 5) is 54.6. The molecule has 30 heavy (non-hydrogen) atoms. The van der Waals surface area contributed by atoms with Gasteiger partial charge in [-0.3, -0.25) is 14.5 Å². The molecule has 8 heteroatoms. The number of amides is 3. The van der Waals surface area contributed by atoms with Crippen molar-refractivity contribution in [3.8, 4) is 0 Å². The molecule has 1 aliphatic rings. The second-order valence-electron chi connectivity index (χ2n) is 7.53. The first-order chi connectivity index (χ1) is 14.1. The van der Waals surface area contributed by atoms with Gasteiger partial charge in [-0.05, 0) is 51.3 Å². The zero-order chi connectivity index (χ0) is 22.2. The van der Waals surface area contributed by atoms with Gasteiger partial charge in [0.25, 0.3) is 5.91 Å². The topological polar surface area (TPSA) is 109 Å². The summed E-state index contributed by atoms with van der Waals surface area (Å²) in [6, 6.07) is 6.66. The molecule has 2 heterocycles. The molecule has 0 aliphatic carbocycles. The highest BCUT2D eigenvalue weighted by molar-refractivity contribution is 6.12. The van der Waals surface area contributed by atoms with Gasteiger partial charge in [-0.25, -0.2) is 9.59 Å². The van der Waals surface area contributed by atoms with E-state index < -0.39 is 35.8 Å². The molecule has 3 rings (SSSR count). The molecule has 1 aromatic carbocycles. The van der Waals surface area contributed by atoms with Crippen LogP contribution in [-0.4, -0.2) is 46.7 Å². The number of hydrogen-bond donors (Lipinski definition) is 2. The smallest absolute Gasteiger partial charge is 0.355 e. The number of ether oxygens (including phenoxy) is 1. The number of H-pyrrole nitrogens is 1. The van der Waals surface area contributed by atoms with Crippen LogP contribution in [0.3, 0.4) is 0 Å². The lowest BCUT2D eigenvalue weighted by molar-refractivity contribution is -0.130. The Kier molecular flexibility index (Phi) is 5.52. The van der Waals surface area contributed by atoms with Gasteiger partial charge in [0.05, 0.1) is 13.2 Å². The van der Waals surface area contributed by atoms with Gasteiger partial charge in [-0.1, -0.05) is 24.3 Å². The van der Waals surface area contributed by atoms with Crippen LogP contribution < -0.4 is 5.32 Å². The van der Waals surface area contributed by atoms with Crippen LogP contribution in [0.4, 0.5) is 4.79 Å². The van der Waals surface area contributed by atoms with Gasteiger partial charge in [0.1, 0.15) is 11.2 Å². The van der Waals surface area contributed by atoms with Crippen molar-refractivity contribution in [1.82, 2.24) is 15.2 Å². The Morgan fingerprint density at radius 1 is 1.13 bits per heavy atom. The van der Waals surface area contributed by atoms with E-state index in [9.17, 15) is 19.2 Å². The number of aryl methyl sites for hydroxylation is 2. The third-order valence-corrected chi connectivity index (χ3v) is 5.46. The molecule has 8 nitrogen and oxygen atoms in total. The molecule has 1 aliphatic heterocycles. The van der Waals surface area contributed by atoms with Gasteiger partial charge in [0.2, 0.25) is 0 Å². The quantitative estimate of drug-likeness (QED) is 0.432. The number of aromatic amines is 1. The zero-order valence-electron chi connectivity index (χ0n) is 17.7. The van der Waals surface area contributed by atoms with E-state index in [0.717, 1.165) is 10.5 Å². The van der Waals surface area contributed by atoms with E-state index in [2.05, 4.69) is 10.3 Å². The molecule has 0 radical (unpaired) electrons. The average molecular weight is 411 g/mol. The predicted molar refractivity (Wildman–Crippen MR) is 109 cm³/mol. The van der Waals surface area contributed by atoms with Gasteiger partial charge in [-0.15, -0.1) is 0 Å². The van der Waals surface area contributed by atoms with Crippen LogP contribution >= 0.6 is 0 Å². The Balaban J connectivity index is 1.88. The zero-order valence-corrected chi connectivity index (χ0v) is 17.7. The molecular formula is C22H25N3O5. The number of benzene rings is 1. The van der Waals surface area contributed by atoms with Crippen molar-refractivity contribution in [3.05, 3.63) is 57.9 Å². The summed E-state index contributed by atoms with van der Waals surface area (Å²) in [6.07, 6.45) is 0. The van der Waals surface area contributed by atoms with Crippen molar-refractivity contribution >= 4 is 23.7 Å². The van der Waals surface area contributed by atoms with E-state index in [4.69, 9.17) is 4.74 Å². The number of Topliss-reactive ketones (excluding diaryl/α,β-unsaturated/α-hetero) is 1. The van der Waals surface area contributed by atoms with Gasteiger partial charge >= 0.3 is 12.0 Å². The highest BCUT2D eigenvalue weighted by Gasteiger charge is 2.50. The lowest BCUT2D eigenvalue weighted by atomic mass is 9.88.